The van der Waals surface area contributed by atoms with E-state index in [2.05, 4.69) is 45.2 Å². The Balaban J connectivity index is 1.25. The summed E-state index contributed by atoms with van der Waals surface area (Å²) in [5.74, 6) is 1.15. The summed E-state index contributed by atoms with van der Waals surface area (Å²) in [5, 5.41) is 8.95. The van der Waals surface area contributed by atoms with E-state index >= 15 is 0 Å². The molecule has 34 heavy (non-hydrogen) atoms. The Hall–Kier alpha value is -2.88. The third kappa shape index (κ3) is 3.41. The number of pyridine rings is 1. The zero-order valence-electron chi connectivity index (χ0n) is 18.8. The van der Waals surface area contributed by atoms with Gasteiger partial charge in [0.05, 0.1) is 9.92 Å². The van der Waals surface area contributed by atoms with Crippen molar-refractivity contribution < 1.29 is 0 Å². The van der Waals surface area contributed by atoms with Gasteiger partial charge in [0.1, 0.15) is 12.1 Å². The average molecular weight is 493 g/mol. The molecule has 1 spiro atoms. The van der Waals surface area contributed by atoms with Gasteiger partial charge in [0, 0.05) is 36.4 Å². The Morgan fingerprint density at radius 2 is 1.97 bits per heavy atom. The summed E-state index contributed by atoms with van der Waals surface area (Å²) in [7, 11) is 0. The van der Waals surface area contributed by atoms with Crippen molar-refractivity contribution >= 4 is 40.8 Å². The highest BCUT2D eigenvalue weighted by Crippen LogP contribution is 2.51. The number of halogens is 1. The Morgan fingerprint density at radius 3 is 2.79 bits per heavy atom. The molecule has 4 heterocycles. The maximum absolute atomic E-state index is 6.81. The number of hydrogen-bond donors (Lipinski definition) is 2. The van der Waals surface area contributed by atoms with Gasteiger partial charge < -0.3 is 16.4 Å². The smallest absolute Gasteiger partial charge is 0.212 e. The van der Waals surface area contributed by atoms with E-state index in [4.69, 9.17) is 28.1 Å². The summed E-state index contributed by atoms with van der Waals surface area (Å²) in [6.07, 6.45) is 8.29. The van der Waals surface area contributed by atoms with Crippen LogP contribution in [0.4, 0.5) is 11.8 Å². The standard InChI is InChI=1S/C24H25ClN8S/c1-14-2-3-15-11-24(20(26)16(15)10-14)5-8-32(9-6-24)23-29-12-18(22-31-30-13-33(22)23)34-17-4-7-28-21(27)19(17)25/h2-4,7,10,12-13,20H,5-6,8-9,11,26H2,1H3,(H2,27,28)/t20-/m1/s1. The van der Waals surface area contributed by atoms with Crippen LogP contribution >= 0.6 is 23.4 Å². The van der Waals surface area contributed by atoms with Gasteiger partial charge in [-0.3, -0.25) is 0 Å². The van der Waals surface area contributed by atoms with Gasteiger partial charge in [0.2, 0.25) is 5.95 Å². The molecule has 0 unspecified atom stereocenters. The van der Waals surface area contributed by atoms with Crippen LogP contribution in [0.25, 0.3) is 5.65 Å². The highest BCUT2D eigenvalue weighted by atomic mass is 35.5. The molecule has 10 heteroatoms. The first-order valence-electron chi connectivity index (χ1n) is 11.3. The lowest BCUT2D eigenvalue weighted by atomic mass is 9.73. The van der Waals surface area contributed by atoms with Crippen molar-refractivity contribution in [2.45, 2.75) is 42.0 Å². The summed E-state index contributed by atoms with van der Waals surface area (Å²) in [6, 6.07) is 8.64. The van der Waals surface area contributed by atoms with E-state index in [1.807, 2.05) is 16.7 Å². The van der Waals surface area contributed by atoms with Crippen molar-refractivity contribution in [1.29, 1.82) is 0 Å². The van der Waals surface area contributed by atoms with Crippen molar-refractivity contribution in [3.63, 3.8) is 0 Å². The van der Waals surface area contributed by atoms with Crippen LogP contribution in [0.2, 0.25) is 5.02 Å². The molecule has 2 aliphatic rings. The van der Waals surface area contributed by atoms with Crippen LogP contribution in [0.1, 0.15) is 35.6 Å². The molecule has 1 aliphatic heterocycles. The summed E-state index contributed by atoms with van der Waals surface area (Å²) >= 11 is 7.80. The minimum absolute atomic E-state index is 0.0868. The van der Waals surface area contributed by atoms with Gasteiger partial charge in [-0.05, 0) is 48.8 Å². The Kier molecular flexibility index (Phi) is 5.16. The molecule has 0 amide bonds. The fraction of sp³-hybridized carbons (Fsp3) is 0.333. The number of aryl methyl sites for hydroxylation is 1. The number of fused-ring (bicyclic) bond motifs is 2. The molecular formula is C24H25ClN8S. The lowest BCUT2D eigenvalue weighted by molar-refractivity contribution is 0.186. The monoisotopic (exact) mass is 492 g/mol. The molecule has 174 valence electrons. The number of benzene rings is 1. The third-order valence-electron chi connectivity index (χ3n) is 7.26. The molecule has 0 saturated carbocycles. The summed E-state index contributed by atoms with van der Waals surface area (Å²) in [5.41, 5.74) is 17.5. The molecular weight excluding hydrogens is 468 g/mol. The van der Waals surface area contributed by atoms with Crippen LogP contribution in [-0.2, 0) is 6.42 Å². The molecule has 1 fully saturated rings. The lowest BCUT2D eigenvalue weighted by Crippen LogP contribution is -2.45. The van der Waals surface area contributed by atoms with Crippen LogP contribution in [0, 0.1) is 12.3 Å². The van der Waals surface area contributed by atoms with Gasteiger partial charge in [0.15, 0.2) is 5.65 Å². The molecule has 3 aromatic heterocycles. The quantitative estimate of drug-likeness (QED) is 0.440. The molecule has 4 N–H and O–H groups in total. The Morgan fingerprint density at radius 1 is 1.15 bits per heavy atom. The Labute approximate surface area is 206 Å². The van der Waals surface area contributed by atoms with E-state index in [1.54, 1.807) is 12.5 Å². The van der Waals surface area contributed by atoms with Gasteiger partial charge >= 0.3 is 0 Å². The first-order valence-corrected chi connectivity index (χ1v) is 12.5. The fourth-order valence-corrected chi connectivity index (χ4v) is 6.48. The summed E-state index contributed by atoms with van der Waals surface area (Å²) in [6.45, 7) is 3.91. The van der Waals surface area contributed by atoms with Crippen molar-refractivity contribution in [2.24, 2.45) is 11.1 Å². The molecule has 4 aromatic rings. The van der Waals surface area contributed by atoms with E-state index in [1.165, 1.54) is 28.5 Å². The first-order chi connectivity index (χ1) is 16.4. The zero-order valence-corrected chi connectivity index (χ0v) is 20.4. The lowest BCUT2D eigenvalue weighted by Gasteiger charge is -2.42. The van der Waals surface area contributed by atoms with Gasteiger partial charge in [0.25, 0.3) is 0 Å². The van der Waals surface area contributed by atoms with E-state index in [-0.39, 0.29) is 11.5 Å². The number of anilines is 2. The first kappa shape index (κ1) is 21.6. The van der Waals surface area contributed by atoms with Crippen molar-refractivity contribution in [3.05, 3.63) is 64.7 Å². The summed E-state index contributed by atoms with van der Waals surface area (Å²) < 4.78 is 1.95. The predicted molar refractivity (Wildman–Crippen MR) is 134 cm³/mol. The molecule has 0 radical (unpaired) electrons. The minimum atomic E-state index is 0.0868. The van der Waals surface area contributed by atoms with Crippen molar-refractivity contribution in [3.8, 4) is 0 Å². The van der Waals surface area contributed by atoms with Crippen LogP contribution < -0.4 is 16.4 Å². The number of rotatable bonds is 3. The number of hydrogen-bond acceptors (Lipinski definition) is 8. The second-order valence-corrected chi connectivity index (χ2v) is 10.7. The Bertz CT molecular complexity index is 1400. The van der Waals surface area contributed by atoms with Crippen LogP contribution in [0.5, 0.6) is 0 Å². The van der Waals surface area contributed by atoms with E-state index < -0.39 is 0 Å². The zero-order chi connectivity index (χ0) is 23.4. The van der Waals surface area contributed by atoms with E-state index in [0.717, 1.165) is 53.7 Å². The third-order valence-corrected chi connectivity index (χ3v) is 8.84. The normalized spacial score (nSPS) is 19.1. The fourth-order valence-electron chi connectivity index (χ4n) is 5.35. The minimum Gasteiger partial charge on any atom is -0.382 e. The molecule has 8 nitrogen and oxygen atoms in total. The average Bonchev–Trinajstić information content (AvgIpc) is 3.43. The number of nitrogens with zero attached hydrogens (tertiary/aromatic N) is 6. The van der Waals surface area contributed by atoms with Gasteiger partial charge in [-0.2, -0.15) is 0 Å². The maximum atomic E-state index is 6.81. The predicted octanol–water partition coefficient (Wildman–Crippen LogP) is 4.06. The SMILES string of the molecule is Cc1ccc2c(c1)[C@@H](N)C1(CCN(c3ncc(Sc4ccnc(N)c4Cl)c4nncn34)CC1)C2. The van der Waals surface area contributed by atoms with Gasteiger partial charge in [-0.25, -0.2) is 14.4 Å². The highest BCUT2D eigenvalue weighted by molar-refractivity contribution is 7.99. The molecule has 1 atom stereocenters. The number of aromatic nitrogens is 5. The van der Waals surface area contributed by atoms with Crippen LogP contribution in [-0.4, -0.2) is 37.7 Å². The van der Waals surface area contributed by atoms with Gasteiger partial charge in [-0.15, -0.1) is 10.2 Å². The number of nitrogen functional groups attached to an aromatic ring is 1. The molecule has 6 rings (SSSR count). The second kappa shape index (κ2) is 8.11. The topological polar surface area (TPSA) is 111 Å². The molecule has 1 aromatic carbocycles. The van der Waals surface area contributed by atoms with Crippen LogP contribution in [0.15, 0.2) is 52.8 Å². The van der Waals surface area contributed by atoms with Crippen LogP contribution in [0.3, 0.4) is 0 Å². The number of nitrogens with two attached hydrogens (primary N) is 2. The molecule has 1 aliphatic carbocycles. The van der Waals surface area contributed by atoms with Crippen molar-refractivity contribution in [1.82, 2.24) is 24.6 Å². The maximum Gasteiger partial charge on any atom is 0.212 e. The van der Waals surface area contributed by atoms with Crippen molar-refractivity contribution in [2.75, 3.05) is 23.7 Å². The largest absolute Gasteiger partial charge is 0.382 e. The summed E-state index contributed by atoms with van der Waals surface area (Å²) in [4.78, 5) is 12.8. The number of piperidine rings is 1. The highest BCUT2D eigenvalue weighted by Gasteiger charge is 2.46. The van der Waals surface area contributed by atoms with Gasteiger partial charge in [-0.1, -0.05) is 47.1 Å². The van der Waals surface area contributed by atoms with E-state index in [0.29, 0.717) is 10.8 Å². The van der Waals surface area contributed by atoms with E-state index in [9.17, 15) is 0 Å². The molecule has 1 saturated heterocycles. The molecule has 0 bridgehead atoms. The second-order valence-electron chi connectivity index (χ2n) is 9.26.